The quantitative estimate of drug-likeness (QED) is 0.884. The minimum absolute atomic E-state index is 0.0366. The molecule has 2 aromatic rings. The third kappa shape index (κ3) is 4.63. The number of nitrogens with one attached hydrogen (secondary N) is 2. The van der Waals surface area contributed by atoms with Gasteiger partial charge in [0.2, 0.25) is 5.91 Å². The van der Waals surface area contributed by atoms with Gasteiger partial charge >= 0.3 is 0 Å². The normalized spacial score (nSPS) is 12.0. The fraction of sp³-hybridized carbons (Fsp3) is 0.353. The highest BCUT2D eigenvalue weighted by atomic mass is 32.1. The minimum Gasteiger partial charge on any atom is -0.340 e. The maximum atomic E-state index is 12.4. The van der Waals surface area contributed by atoms with Crippen molar-refractivity contribution in [2.24, 2.45) is 5.92 Å². The summed E-state index contributed by atoms with van der Waals surface area (Å²) in [5.74, 6) is -0.547. The molecule has 1 aromatic carbocycles. The van der Waals surface area contributed by atoms with Crippen molar-refractivity contribution < 1.29 is 9.59 Å². The molecule has 0 radical (unpaired) electrons. The maximum absolute atomic E-state index is 12.4. The topological polar surface area (TPSA) is 71.1 Å². The van der Waals surface area contributed by atoms with E-state index in [-0.39, 0.29) is 17.7 Å². The Morgan fingerprint density at radius 1 is 1.13 bits per heavy atom. The Kier molecular flexibility index (Phi) is 5.50. The first-order chi connectivity index (χ1) is 10.9. The van der Waals surface area contributed by atoms with Crippen LogP contribution in [0.1, 0.15) is 35.5 Å². The van der Waals surface area contributed by atoms with E-state index in [1.807, 2.05) is 45.2 Å². The molecule has 0 spiro atoms. The number of rotatable bonds is 5. The zero-order valence-electron chi connectivity index (χ0n) is 13.7. The number of benzene rings is 1. The van der Waals surface area contributed by atoms with E-state index in [2.05, 4.69) is 15.6 Å². The lowest BCUT2D eigenvalue weighted by molar-refractivity contribution is -0.118. The Morgan fingerprint density at radius 2 is 1.78 bits per heavy atom. The van der Waals surface area contributed by atoms with Crippen LogP contribution in [0.4, 0.5) is 5.13 Å². The third-order valence-electron chi connectivity index (χ3n) is 3.40. The summed E-state index contributed by atoms with van der Waals surface area (Å²) in [5, 5.41) is 7.98. The van der Waals surface area contributed by atoms with E-state index < -0.39 is 6.04 Å². The summed E-state index contributed by atoms with van der Waals surface area (Å²) in [7, 11) is 0. The summed E-state index contributed by atoms with van der Waals surface area (Å²) in [5.41, 5.74) is 2.48. The van der Waals surface area contributed by atoms with Crippen LogP contribution in [0.2, 0.25) is 0 Å². The van der Waals surface area contributed by atoms with Gasteiger partial charge in [-0.05, 0) is 31.9 Å². The van der Waals surface area contributed by atoms with Crippen LogP contribution >= 0.6 is 11.3 Å². The fourth-order valence-corrected chi connectivity index (χ4v) is 2.75. The largest absolute Gasteiger partial charge is 0.340 e. The number of hydrogen-bond acceptors (Lipinski definition) is 4. The molecule has 2 N–H and O–H groups in total. The molecule has 0 unspecified atom stereocenters. The number of hydrogen-bond donors (Lipinski definition) is 2. The lowest BCUT2D eigenvalue weighted by atomic mass is 10.0. The summed E-state index contributed by atoms with van der Waals surface area (Å²) >= 11 is 1.37. The molecule has 0 saturated carbocycles. The second-order valence-corrected chi connectivity index (χ2v) is 6.70. The highest BCUT2D eigenvalue weighted by Gasteiger charge is 2.25. The first-order valence-electron chi connectivity index (χ1n) is 7.47. The Morgan fingerprint density at radius 3 is 2.30 bits per heavy atom. The van der Waals surface area contributed by atoms with E-state index in [0.717, 1.165) is 11.3 Å². The molecule has 0 aliphatic heterocycles. The second-order valence-electron chi connectivity index (χ2n) is 5.84. The fourth-order valence-electron chi connectivity index (χ4n) is 2.06. The summed E-state index contributed by atoms with van der Waals surface area (Å²) in [6, 6.07) is 6.64. The predicted octanol–water partition coefficient (Wildman–Crippen LogP) is 3.15. The first kappa shape index (κ1) is 17.1. The number of anilines is 1. The van der Waals surface area contributed by atoms with Gasteiger partial charge in [0.05, 0.1) is 5.69 Å². The third-order valence-corrected chi connectivity index (χ3v) is 4.27. The Balaban J connectivity index is 2.07. The van der Waals surface area contributed by atoms with E-state index in [9.17, 15) is 9.59 Å². The summed E-state index contributed by atoms with van der Waals surface area (Å²) in [6.45, 7) is 7.62. The zero-order chi connectivity index (χ0) is 17.0. The predicted molar refractivity (Wildman–Crippen MR) is 92.8 cm³/mol. The van der Waals surface area contributed by atoms with Gasteiger partial charge in [-0.2, -0.15) is 0 Å². The van der Waals surface area contributed by atoms with E-state index in [0.29, 0.717) is 10.7 Å². The number of carbonyl (C=O) groups is 2. The molecule has 0 aliphatic rings. The Labute approximate surface area is 140 Å². The molecule has 2 rings (SSSR count). The van der Waals surface area contributed by atoms with Crippen molar-refractivity contribution >= 4 is 28.3 Å². The maximum Gasteiger partial charge on any atom is 0.251 e. The van der Waals surface area contributed by atoms with Gasteiger partial charge in [0.1, 0.15) is 6.04 Å². The summed E-state index contributed by atoms with van der Waals surface area (Å²) in [4.78, 5) is 29.0. The van der Waals surface area contributed by atoms with Gasteiger partial charge in [0.25, 0.3) is 5.91 Å². The standard InChI is InChI=1S/C17H21N3O2S/c1-10(2)14(16(22)20-17-18-12(4)9-23-17)19-15(21)13-7-5-11(3)6-8-13/h5-10,14H,1-4H3,(H,19,21)(H,18,20,22)/t14-/m0/s1. The van der Waals surface area contributed by atoms with Gasteiger partial charge < -0.3 is 10.6 Å². The van der Waals surface area contributed by atoms with Crippen LogP contribution in [0.3, 0.4) is 0 Å². The Hall–Kier alpha value is -2.21. The monoisotopic (exact) mass is 331 g/mol. The SMILES string of the molecule is Cc1ccc(C(=O)N[C@H](C(=O)Nc2nc(C)cs2)C(C)C)cc1. The van der Waals surface area contributed by atoms with Crippen molar-refractivity contribution in [1.29, 1.82) is 0 Å². The van der Waals surface area contributed by atoms with Crippen LogP contribution in [0.15, 0.2) is 29.6 Å². The molecular weight excluding hydrogens is 310 g/mol. The molecule has 2 amide bonds. The Bertz CT molecular complexity index is 692. The van der Waals surface area contributed by atoms with Gasteiger partial charge in [0, 0.05) is 10.9 Å². The molecule has 0 aliphatic carbocycles. The minimum atomic E-state index is -0.618. The van der Waals surface area contributed by atoms with Crippen LogP contribution in [-0.4, -0.2) is 22.8 Å². The zero-order valence-corrected chi connectivity index (χ0v) is 14.5. The van der Waals surface area contributed by atoms with Crippen molar-refractivity contribution in [2.45, 2.75) is 33.7 Å². The van der Waals surface area contributed by atoms with Crippen LogP contribution in [0.25, 0.3) is 0 Å². The van der Waals surface area contributed by atoms with Crippen LogP contribution in [0, 0.1) is 19.8 Å². The van der Waals surface area contributed by atoms with Gasteiger partial charge in [-0.3, -0.25) is 9.59 Å². The van der Waals surface area contributed by atoms with Crippen molar-refractivity contribution in [1.82, 2.24) is 10.3 Å². The van der Waals surface area contributed by atoms with Gasteiger partial charge in [0.15, 0.2) is 5.13 Å². The summed E-state index contributed by atoms with van der Waals surface area (Å²) in [6.07, 6.45) is 0. The molecule has 1 heterocycles. The summed E-state index contributed by atoms with van der Waals surface area (Å²) < 4.78 is 0. The number of aromatic nitrogens is 1. The van der Waals surface area contributed by atoms with Crippen molar-refractivity contribution in [2.75, 3.05) is 5.32 Å². The van der Waals surface area contributed by atoms with Gasteiger partial charge in [-0.1, -0.05) is 31.5 Å². The lowest BCUT2D eigenvalue weighted by Gasteiger charge is -2.21. The first-order valence-corrected chi connectivity index (χ1v) is 8.35. The van der Waals surface area contributed by atoms with Gasteiger partial charge in [-0.25, -0.2) is 4.98 Å². The average molecular weight is 331 g/mol. The molecule has 6 heteroatoms. The number of thiazole rings is 1. The number of aryl methyl sites for hydroxylation is 2. The van der Waals surface area contributed by atoms with Crippen LogP contribution in [0.5, 0.6) is 0 Å². The second kappa shape index (κ2) is 7.37. The number of carbonyl (C=O) groups excluding carboxylic acids is 2. The van der Waals surface area contributed by atoms with Crippen molar-refractivity contribution in [3.63, 3.8) is 0 Å². The number of nitrogens with zero attached hydrogens (tertiary/aromatic N) is 1. The van der Waals surface area contributed by atoms with Crippen molar-refractivity contribution in [3.05, 3.63) is 46.5 Å². The highest BCUT2D eigenvalue weighted by Crippen LogP contribution is 2.16. The molecule has 0 fully saturated rings. The van der Waals surface area contributed by atoms with Gasteiger partial charge in [-0.15, -0.1) is 11.3 Å². The smallest absolute Gasteiger partial charge is 0.251 e. The van der Waals surface area contributed by atoms with E-state index in [1.54, 1.807) is 12.1 Å². The molecule has 23 heavy (non-hydrogen) atoms. The molecule has 1 atom stereocenters. The molecular formula is C17H21N3O2S. The van der Waals surface area contributed by atoms with Crippen LogP contribution in [-0.2, 0) is 4.79 Å². The molecule has 0 bridgehead atoms. The van der Waals surface area contributed by atoms with E-state index >= 15 is 0 Å². The highest BCUT2D eigenvalue weighted by molar-refractivity contribution is 7.13. The molecule has 0 saturated heterocycles. The van der Waals surface area contributed by atoms with Crippen molar-refractivity contribution in [3.8, 4) is 0 Å². The van der Waals surface area contributed by atoms with E-state index in [4.69, 9.17) is 0 Å². The lowest BCUT2D eigenvalue weighted by Crippen LogP contribution is -2.47. The molecule has 5 nitrogen and oxygen atoms in total. The number of amides is 2. The molecule has 1 aromatic heterocycles. The average Bonchev–Trinajstić information content (AvgIpc) is 2.89. The molecule has 122 valence electrons. The van der Waals surface area contributed by atoms with Crippen LogP contribution < -0.4 is 10.6 Å². The van der Waals surface area contributed by atoms with E-state index in [1.165, 1.54) is 11.3 Å².